The molecule has 0 saturated carbocycles. The van der Waals surface area contributed by atoms with Crippen molar-refractivity contribution < 1.29 is 107 Å². The molecule has 1 fully saturated rings. The second-order valence-corrected chi connectivity index (χ2v) is 18.5. The van der Waals surface area contributed by atoms with Crippen molar-refractivity contribution in [3.8, 4) is 17.2 Å². The third-order valence-electron chi connectivity index (χ3n) is 13.1. The number of aromatic hydroxyl groups is 2. The van der Waals surface area contributed by atoms with E-state index in [0.29, 0.717) is 105 Å². The van der Waals surface area contributed by atoms with Crippen LogP contribution in [0.5, 0.6) is 17.2 Å². The second-order valence-electron chi connectivity index (χ2n) is 18.5. The molecule has 2 aliphatic carbocycles. The molecule has 7 N–H and O–H groups in total. The number of ether oxygens (including phenoxy) is 11. The van der Waals surface area contributed by atoms with Gasteiger partial charge >= 0.3 is 5.97 Å². The van der Waals surface area contributed by atoms with Gasteiger partial charge in [0.1, 0.15) is 35.6 Å². The summed E-state index contributed by atoms with van der Waals surface area (Å²) in [5.74, 6) is -5.39. The van der Waals surface area contributed by atoms with Crippen LogP contribution in [0.3, 0.4) is 0 Å². The van der Waals surface area contributed by atoms with E-state index >= 15 is 0 Å². The number of carbonyl (C=O) groups is 5. The van der Waals surface area contributed by atoms with Gasteiger partial charge in [-0.1, -0.05) is 17.3 Å². The van der Waals surface area contributed by atoms with Crippen LogP contribution < -0.4 is 10.1 Å². The summed E-state index contributed by atoms with van der Waals surface area (Å²) >= 11 is 0. The Bertz CT molecular complexity index is 2450. The van der Waals surface area contributed by atoms with Gasteiger partial charge in [0, 0.05) is 55.0 Å². The first-order valence-corrected chi connectivity index (χ1v) is 25.9. The van der Waals surface area contributed by atoms with Gasteiger partial charge in [-0.05, 0) is 25.8 Å². The maximum absolute atomic E-state index is 14.0. The summed E-state index contributed by atoms with van der Waals surface area (Å²) in [6, 6.07) is 3.39. The number of aliphatic carboxylic acids is 1. The number of nitrogens with one attached hydrogen (secondary N) is 1. The Kier molecular flexibility index (Phi) is 24.7. The normalized spacial score (nSPS) is 20.8. The van der Waals surface area contributed by atoms with Crippen LogP contribution in [-0.2, 0) is 81.1 Å². The van der Waals surface area contributed by atoms with Crippen molar-refractivity contribution in [3.63, 3.8) is 0 Å². The van der Waals surface area contributed by atoms with Crippen LogP contribution in [0.4, 0.5) is 0 Å². The number of phenolic OH excluding ortho intramolecular Hbond substituents is 2. The van der Waals surface area contributed by atoms with Crippen LogP contribution in [0.15, 0.2) is 24.4 Å². The Morgan fingerprint density at radius 3 is 1.91 bits per heavy atom. The number of aliphatic hydroxyl groups excluding tert-OH is 2. The first-order chi connectivity index (χ1) is 37.7. The van der Waals surface area contributed by atoms with Crippen molar-refractivity contribution in [2.24, 2.45) is 0 Å². The summed E-state index contributed by atoms with van der Waals surface area (Å²) in [7, 11) is 1.30. The van der Waals surface area contributed by atoms with Crippen molar-refractivity contribution in [1.29, 1.82) is 0 Å². The minimum atomic E-state index is -2.35. The van der Waals surface area contributed by atoms with Gasteiger partial charge in [-0.2, -0.15) is 0 Å². The van der Waals surface area contributed by atoms with E-state index in [1.807, 2.05) is 0 Å². The van der Waals surface area contributed by atoms with Crippen molar-refractivity contribution in [2.45, 2.75) is 94.7 Å². The number of aliphatic hydroxyl groups is 3. The highest BCUT2D eigenvalue weighted by Gasteiger charge is 2.50. The van der Waals surface area contributed by atoms with Crippen LogP contribution in [0.2, 0.25) is 0 Å². The minimum absolute atomic E-state index is 0.0413. The molecule has 78 heavy (non-hydrogen) atoms. The van der Waals surface area contributed by atoms with E-state index in [1.165, 1.54) is 32.2 Å². The quantitative estimate of drug-likeness (QED) is 0.0237. The number of rotatable bonds is 37. The summed E-state index contributed by atoms with van der Waals surface area (Å²) in [5, 5.41) is 75.3. The highest BCUT2D eigenvalue weighted by Crippen LogP contribution is 2.52. The topological polar surface area (TPSA) is 351 Å². The van der Waals surface area contributed by atoms with Crippen molar-refractivity contribution in [1.82, 2.24) is 20.3 Å². The van der Waals surface area contributed by atoms with E-state index in [1.54, 1.807) is 10.9 Å². The molecule has 26 heteroatoms. The predicted octanol–water partition coefficient (Wildman–Crippen LogP) is 0.381. The number of benzene rings is 2. The number of aryl methyl sites for hydroxylation is 1. The summed E-state index contributed by atoms with van der Waals surface area (Å²) in [6.45, 7) is 6.68. The lowest BCUT2D eigenvalue weighted by Gasteiger charge is -2.43. The summed E-state index contributed by atoms with van der Waals surface area (Å²) in [6.07, 6.45) is -3.30. The predicted molar refractivity (Wildman–Crippen MR) is 267 cm³/mol. The van der Waals surface area contributed by atoms with E-state index in [9.17, 15) is 49.5 Å². The number of phenols is 2. The number of carboxylic acids is 1. The molecule has 0 spiro atoms. The number of hydrogen-bond acceptors (Lipinski definition) is 23. The third kappa shape index (κ3) is 17.2. The number of aromatic nitrogens is 3. The molecule has 0 bridgehead atoms. The standard InChI is InChI=1S/C52H72N4O22/c1-32-47(62)36(27-42(77-32)78-38-29-52(67,39(58)31-57)28-35-44(38)51(66)46-45(49(35)64)48(63)34-6-4-7-37(68-2)43(34)50(46)65)53-40(59)9-11-69-13-15-71-17-19-73-21-23-75-25-26-76-24-22-74-20-18-72-16-14-70-12-10-56-30-33(54-55-56)5-3-8-41(60)61/h4,6-7,30,32,36,38,42,47,57,62,64,66-67H,3,5,8-29,31H2,1-2H3,(H,53,59)(H,60,61)/t32-,36+,38+,42?,47-,52+/m1/s1. The Morgan fingerprint density at radius 2 is 1.35 bits per heavy atom. The molecule has 2 aromatic carbocycles. The third-order valence-corrected chi connectivity index (χ3v) is 13.1. The number of fused-ring (bicyclic) bond motifs is 3. The van der Waals surface area contributed by atoms with Crippen LogP contribution in [0, 0.1) is 0 Å². The molecule has 3 aromatic rings. The second kappa shape index (κ2) is 31.3. The fourth-order valence-electron chi connectivity index (χ4n) is 9.09. The summed E-state index contributed by atoms with van der Waals surface area (Å²) in [4.78, 5) is 64.4. The summed E-state index contributed by atoms with van der Waals surface area (Å²) < 4.78 is 63.3. The summed E-state index contributed by atoms with van der Waals surface area (Å²) in [5.41, 5.74) is -3.34. The maximum Gasteiger partial charge on any atom is 0.303 e. The van der Waals surface area contributed by atoms with Crippen molar-refractivity contribution in [2.75, 3.05) is 119 Å². The van der Waals surface area contributed by atoms with Crippen LogP contribution in [0.25, 0.3) is 0 Å². The monoisotopic (exact) mass is 1100 g/mol. The zero-order valence-electron chi connectivity index (χ0n) is 43.9. The van der Waals surface area contributed by atoms with Gasteiger partial charge in [-0.3, -0.25) is 24.0 Å². The lowest BCUT2D eigenvalue weighted by atomic mass is 9.72. The molecule has 1 aromatic heterocycles. The van der Waals surface area contributed by atoms with Crippen LogP contribution in [0.1, 0.15) is 93.8 Å². The number of hydrogen-bond donors (Lipinski definition) is 7. The van der Waals surface area contributed by atoms with Gasteiger partial charge in [0.2, 0.25) is 11.7 Å². The molecule has 26 nitrogen and oxygen atoms in total. The Labute approximate surface area is 450 Å². The van der Waals surface area contributed by atoms with Crippen molar-refractivity contribution in [3.05, 3.63) is 63.5 Å². The number of nitrogens with zero attached hydrogens (tertiary/aromatic N) is 3. The van der Waals surface area contributed by atoms with E-state index in [4.69, 9.17) is 57.2 Å². The van der Waals surface area contributed by atoms with E-state index in [0.717, 1.165) is 5.69 Å². The molecule has 3 aliphatic rings. The van der Waals surface area contributed by atoms with Gasteiger partial charge in [0.15, 0.2) is 17.9 Å². The number of carboxylic acid groups (broad SMARTS) is 1. The number of ketones is 3. The zero-order chi connectivity index (χ0) is 56.0. The number of amides is 1. The maximum atomic E-state index is 14.0. The van der Waals surface area contributed by atoms with Gasteiger partial charge in [0.05, 0.1) is 160 Å². The molecule has 6 atom stereocenters. The lowest BCUT2D eigenvalue weighted by Crippen LogP contribution is -2.56. The SMILES string of the molecule is COc1cccc2c1C(=O)c1c(O)c3c(c(O)c1C2=O)C[C@@](O)(C(=O)CO)C[C@@H]3OC1C[C@H](NC(=O)CCOCCOCCOCCOCCOCCOCCOCCOCCn2cc(CCCC(=O)O)nn2)[C@H](O)[C@@H](C)O1. The Morgan fingerprint density at radius 1 is 0.782 bits per heavy atom. The molecular weight excluding hydrogens is 1030 g/mol. The number of carbonyl (C=O) groups excluding carboxylic acids is 4. The lowest BCUT2D eigenvalue weighted by molar-refractivity contribution is -0.249. The number of Topliss-reactive ketones (excluding diaryl/α,β-unsaturated/α-hetero) is 1. The molecule has 0 radical (unpaired) electrons. The molecule has 1 unspecified atom stereocenters. The van der Waals surface area contributed by atoms with Crippen LogP contribution >= 0.6 is 0 Å². The molecule has 2 heterocycles. The highest BCUT2D eigenvalue weighted by atomic mass is 16.7. The fraction of sp³-hybridized carbons (Fsp3) is 0.635. The fourth-order valence-corrected chi connectivity index (χ4v) is 9.09. The van der Waals surface area contributed by atoms with E-state index in [2.05, 4.69) is 15.6 Å². The molecule has 1 amide bonds. The van der Waals surface area contributed by atoms with E-state index in [-0.39, 0.29) is 67.1 Å². The zero-order valence-corrected chi connectivity index (χ0v) is 43.9. The van der Waals surface area contributed by atoms with Gasteiger partial charge in [-0.25, -0.2) is 4.68 Å². The Hall–Kier alpha value is -5.59. The molecular formula is C52H72N4O22. The van der Waals surface area contributed by atoms with Gasteiger partial charge in [-0.15, -0.1) is 5.10 Å². The molecule has 6 rings (SSSR count). The molecule has 1 saturated heterocycles. The number of methoxy groups -OCH3 is 1. The van der Waals surface area contributed by atoms with Gasteiger partial charge in [0.25, 0.3) is 0 Å². The minimum Gasteiger partial charge on any atom is -0.507 e. The molecule has 1 aliphatic heterocycles. The average molecular weight is 1110 g/mol. The first-order valence-electron chi connectivity index (χ1n) is 25.9. The Balaban J connectivity index is 0.786. The van der Waals surface area contributed by atoms with Crippen LogP contribution in [-0.4, -0.2) is 224 Å². The largest absolute Gasteiger partial charge is 0.507 e. The smallest absolute Gasteiger partial charge is 0.303 e. The van der Waals surface area contributed by atoms with Crippen molar-refractivity contribution >= 4 is 29.2 Å². The molecule has 432 valence electrons. The van der Waals surface area contributed by atoms with E-state index < -0.39 is 108 Å². The average Bonchev–Trinajstić information content (AvgIpc) is 4.02. The highest BCUT2D eigenvalue weighted by molar-refractivity contribution is 6.31. The van der Waals surface area contributed by atoms with Gasteiger partial charge < -0.3 is 88.1 Å². The first kappa shape index (κ1) is 61.6.